The molecule has 76 valence electrons. The van der Waals surface area contributed by atoms with Gasteiger partial charge in [-0.1, -0.05) is 54.1 Å². The van der Waals surface area contributed by atoms with E-state index in [1.165, 1.54) is 5.56 Å². The van der Waals surface area contributed by atoms with Crippen LogP contribution in [0.4, 0.5) is 0 Å². The van der Waals surface area contributed by atoms with Crippen molar-refractivity contribution in [3.63, 3.8) is 0 Å². The second-order valence-electron chi connectivity index (χ2n) is 3.36. The molecule has 0 N–H and O–H groups in total. The fourth-order valence-corrected chi connectivity index (χ4v) is 1.94. The van der Waals surface area contributed by atoms with Gasteiger partial charge in [-0.25, -0.2) is 0 Å². The Morgan fingerprint density at radius 3 is 1.93 bits per heavy atom. The molecule has 2 aromatic rings. The first-order valence-corrected chi connectivity index (χ1v) is 5.65. The van der Waals surface area contributed by atoms with Crippen molar-refractivity contribution in [1.82, 2.24) is 0 Å². The molecule has 0 fully saturated rings. The number of hydrogen-bond donors (Lipinski definition) is 1. The van der Waals surface area contributed by atoms with Crippen LogP contribution in [-0.2, 0) is 0 Å². The maximum Gasteiger partial charge on any atom is 0.0516 e. The highest BCUT2D eigenvalue weighted by Crippen LogP contribution is 2.28. The lowest BCUT2D eigenvalue weighted by molar-refractivity contribution is 1.17. The molecule has 0 amide bonds. The van der Waals surface area contributed by atoms with Gasteiger partial charge in [0.25, 0.3) is 0 Å². The van der Waals surface area contributed by atoms with E-state index >= 15 is 0 Å². The maximum atomic E-state index is 5.84. The summed E-state index contributed by atoms with van der Waals surface area (Å²) in [4.78, 5) is 0. The SMILES string of the molecule is SC(c1ccccc1)c1ccc(Cl)cc1. The maximum absolute atomic E-state index is 5.84. The van der Waals surface area contributed by atoms with E-state index in [1.807, 2.05) is 42.5 Å². The third kappa shape index (κ3) is 2.55. The van der Waals surface area contributed by atoms with Gasteiger partial charge in [-0.15, -0.1) is 0 Å². The van der Waals surface area contributed by atoms with Gasteiger partial charge in [0, 0.05) is 5.02 Å². The van der Waals surface area contributed by atoms with Gasteiger partial charge in [-0.05, 0) is 23.3 Å². The molecule has 0 nitrogen and oxygen atoms in total. The van der Waals surface area contributed by atoms with Crippen LogP contribution in [0.5, 0.6) is 0 Å². The number of thiol groups is 1. The Morgan fingerprint density at radius 2 is 1.33 bits per heavy atom. The van der Waals surface area contributed by atoms with Crippen LogP contribution in [0, 0.1) is 0 Å². The first-order chi connectivity index (χ1) is 7.27. The van der Waals surface area contributed by atoms with Crippen molar-refractivity contribution in [2.24, 2.45) is 0 Å². The second kappa shape index (κ2) is 4.73. The summed E-state index contributed by atoms with van der Waals surface area (Å²) in [7, 11) is 0. The van der Waals surface area contributed by atoms with Crippen LogP contribution in [0.15, 0.2) is 54.6 Å². The van der Waals surface area contributed by atoms with E-state index in [1.54, 1.807) is 0 Å². The number of benzene rings is 2. The molecule has 0 aromatic heterocycles. The third-order valence-corrected chi connectivity index (χ3v) is 3.15. The van der Waals surface area contributed by atoms with E-state index in [2.05, 4.69) is 24.8 Å². The fraction of sp³-hybridized carbons (Fsp3) is 0.0769. The van der Waals surface area contributed by atoms with Crippen LogP contribution < -0.4 is 0 Å². The lowest BCUT2D eigenvalue weighted by Gasteiger charge is -2.11. The van der Waals surface area contributed by atoms with Crippen LogP contribution in [0.3, 0.4) is 0 Å². The van der Waals surface area contributed by atoms with Gasteiger partial charge < -0.3 is 0 Å². The first-order valence-electron chi connectivity index (χ1n) is 4.76. The molecule has 0 radical (unpaired) electrons. The minimum absolute atomic E-state index is 0.114. The molecular weight excluding hydrogens is 224 g/mol. The molecule has 0 aliphatic carbocycles. The number of halogens is 1. The minimum Gasteiger partial charge on any atom is -0.166 e. The van der Waals surface area contributed by atoms with E-state index in [4.69, 9.17) is 11.6 Å². The molecule has 0 bridgehead atoms. The Bertz CT molecular complexity index is 422. The average Bonchev–Trinajstić information content (AvgIpc) is 2.30. The standard InChI is InChI=1S/C13H11ClS/c14-12-8-6-11(7-9-12)13(15)10-4-2-1-3-5-10/h1-9,13,15H. The van der Waals surface area contributed by atoms with Crippen LogP contribution in [0.2, 0.25) is 5.02 Å². The summed E-state index contributed by atoms with van der Waals surface area (Å²) >= 11 is 10.4. The Labute approximate surface area is 100 Å². The quantitative estimate of drug-likeness (QED) is 0.734. The Hall–Kier alpha value is -0.920. The monoisotopic (exact) mass is 234 g/mol. The summed E-state index contributed by atoms with van der Waals surface area (Å²) in [5.41, 5.74) is 2.36. The normalized spacial score (nSPS) is 12.4. The smallest absolute Gasteiger partial charge is 0.0516 e. The largest absolute Gasteiger partial charge is 0.166 e. The predicted molar refractivity (Wildman–Crippen MR) is 68.7 cm³/mol. The van der Waals surface area contributed by atoms with Crippen LogP contribution in [-0.4, -0.2) is 0 Å². The van der Waals surface area contributed by atoms with Crippen LogP contribution in [0.1, 0.15) is 16.4 Å². The highest BCUT2D eigenvalue weighted by atomic mass is 35.5. The fourth-order valence-electron chi connectivity index (χ4n) is 1.47. The van der Waals surface area contributed by atoms with Crippen molar-refractivity contribution in [2.75, 3.05) is 0 Å². The van der Waals surface area contributed by atoms with Gasteiger partial charge >= 0.3 is 0 Å². The highest BCUT2D eigenvalue weighted by Gasteiger charge is 2.07. The number of hydrogen-bond acceptors (Lipinski definition) is 1. The lowest BCUT2D eigenvalue weighted by atomic mass is 10.0. The summed E-state index contributed by atoms with van der Waals surface area (Å²) in [5.74, 6) is 0. The second-order valence-corrected chi connectivity index (χ2v) is 4.32. The summed E-state index contributed by atoms with van der Waals surface area (Å²) in [6.45, 7) is 0. The molecule has 15 heavy (non-hydrogen) atoms. The van der Waals surface area contributed by atoms with Gasteiger partial charge in [0.05, 0.1) is 5.25 Å². The van der Waals surface area contributed by atoms with Crippen molar-refractivity contribution in [2.45, 2.75) is 5.25 Å². The summed E-state index contributed by atoms with van der Waals surface area (Å²) in [5, 5.41) is 0.871. The van der Waals surface area contributed by atoms with Crippen molar-refractivity contribution in [1.29, 1.82) is 0 Å². The van der Waals surface area contributed by atoms with Gasteiger partial charge in [-0.2, -0.15) is 12.6 Å². The Balaban J connectivity index is 2.29. The molecule has 0 saturated heterocycles. The zero-order valence-electron chi connectivity index (χ0n) is 8.10. The van der Waals surface area contributed by atoms with Crippen molar-refractivity contribution < 1.29 is 0 Å². The van der Waals surface area contributed by atoms with Gasteiger partial charge in [0.2, 0.25) is 0 Å². The molecular formula is C13H11ClS. The van der Waals surface area contributed by atoms with Crippen molar-refractivity contribution >= 4 is 24.2 Å². The minimum atomic E-state index is 0.114. The van der Waals surface area contributed by atoms with Crippen molar-refractivity contribution in [3.05, 3.63) is 70.7 Å². The van der Waals surface area contributed by atoms with Crippen LogP contribution in [0.25, 0.3) is 0 Å². The molecule has 2 aromatic carbocycles. The zero-order valence-corrected chi connectivity index (χ0v) is 9.75. The molecule has 2 heteroatoms. The predicted octanol–water partition coefficient (Wildman–Crippen LogP) is 4.36. The average molecular weight is 235 g/mol. The summed E-state index contributed by atoms with van der Waals surface area (Å²) in [6.07, 6.45) is 0. The van der Waals surface area contributed by atoms with E-state index < -0.39 is 0 Å². The summed E-state index contributed by atoms with van der Waals surface area (Å²) in [6, 6.07) is 18.0. The van der Waals surface area contributed by atoms with Gasteiger partial charge in [0.15, 0.2) is 0 Å². The van der Waals surface area contributed by atoms with E-state index in [0.717, 1.165) is 10.6 Å². The molecule has 0 spiro atoms. The molecule has 0 aliphatic heterocycles. The molecule has 2 rings (SSSR count). The molecule has 0 saturated carbocycles. The van der Waals surface area contributed by atoms with E-state index in [9.17, 15) is 0 Å². The molecule has 1 atom stereocenters. The zero-order chi connectivity index (χ0) is 10.7. The number of rotatable bonds is 2. The topological polar surface area (TPSA) is 0 Å². The first kappa shape index (κ1) is 10.6. The summed E-state index contributed by atoms with van der Waals surface area (Å²) < 4.78 is 0. The van der Waals surface area contributed by atoms with Crippen molar-refractivity contribution in [3.8, 4) is 0 Å². The van der Waals surface area contributed by atoms with Gasteiger partial charge in [-0.3, -0.25) is 0 Å². The third-order valence-electron chi connectivity index (χ3n) is 2.30. The molecule has 0 heterocycles. The lowest BCUT2D eigenvalue weighted by Crippen LogP contribution is -1.92. The molecule has 1 unspecified atom stereocenters. The van der Waals surface area contributed by atoms with E-state index in [-0.39, 0.29) is 5.25 Å². The Morgan fingerprint density at radius 1 is 0.800 bits per heavy atom. The highest BCUT2D eigenvalue weighted by molar-refractivity contribution is 7.80. The Kier molecular flexibility index (Phi) is 3.34. The van der Waals surface area contributed by atoms with Crippen LogP contribution >= 0.6 is 24.2 Å². The van der Waals surface area contributed by atoms with E-state index in [0.29, 0.717) is 0 Å². The molecule has 0 aliphatic rings. The van der Waals surface area contributed by atoms with Gasteiger partial charge in [0.1, 0.15) is 0 Å².